The van der Waals surface area contributed by atoms with Gasteiger partial charge >= 0.3 is 11.9 Å². The highest BCUT2D eigenvalue weighted by atomic mass is 32.2. The van der Waals surface area contributed by atoms with Crippen molar-refractivity contribution in [2.24, 2.45) is 11.3 Å². The van der Waals surface area contributed by atoms with Crippen molar-refractivity contribution in [3.05, 3.63) is 65.2 Å². The summed E-state index contributed by atoms with van der Waals surface area (Å²) >= 11 is 0. The van der Waals surface area contributed by atoms with Gasteiger partial charge in [-0.1, -0.05) is 37.1 Å². The first kappa shape index (κ1) is 42.5. The third kappa shape index (κ3) is 14.2. The Morgan fingerprint density at radius 2 is 1.27 bits per heavy atom. The summed E-state index contributed by atoms with van der Waals surface area (Å²) in [5.74, 6) is -2.25. The molecule has 2 aromatic carbocycles. The minimum absolute atomic E-state index is 0.0909. The van der Waals surface area contributed by atoms with E-state index in [0.717, 1.165) is 24.7 Å². The summed E-state index contributed by atoms with van der Waals surface area (Å²) in [7, 11) is -3.24. The molecule has 1 aliphatic carbocycles. The van der Waals surface area contributed by atoms with Gasteiger partial charge in [-0.25, -0.2) is 13.2 Å². The minimum atomic E-state index is -3.24. The number of rotatable bonds is 14. The van der Waals surface area contributed by atoms with Crippen LogP contribution in [0.2, 0.25) is 0 Å². The van der Waals surface area contributed by atoms with Gasteiger partial charge in [0.25, 0.3) is 5.91 Å². The molecule has 0 bridgehead atoms. The highest BCUT2D eigenvalue weighted by molar-refractivity contribution is 7.89. The fourth-order valence-corrected chi connectivity index (χ4v) is 7.00. The average Bonchev–Trinajstić information content (AvgIpc) is 3.46. The molecule has 2 aromatic rings. The fraction of sp³-hybridized carbons (Fsp3) is 0.600. The molecule has 0 spiro atoms. The molecule has 2 amide bonds. The smallest absolute Gasteiger partial charge is 0.329 e. The molecule has 11 nitrogen and oxygen atoms in total. The molecule has 0 heterocycles. The van der Waals surface area contributed by atoms with Gasteiger partial charge in [0, 0.05) is 24.8 Å². The van der Waals surface area contributed by atoms with Crippen LogP contribution in [0.3, 0.4) is 0 Å². The predicted molar refractivity (Wildman–Crippen MR) is 200 cm³/mol. The SMILES string of the molecule is CC(C)(C)OC(=O)C(CNC(=O)c1ccc(CS(C)(=O)=O)cc1)CC1(C(=O)N[C@@H](Cc2ccc(OC(C)(C)C)cc2)C(=O)OC(C)(C)C)CCCC1. The van der Waals surface area contributed by atoms with Crippen LogP contribution in [0.15, 0.2) is 48.5 Å². The molecule has 288 valence electrons. The largest absolute Gasteiger partial charge is 0.488 e. The summed E-state index contributed by atoms with van der Waals surface area (Å²) in [6.07, 6.45) is 3.92. The maximum atomic E-state index is 14.4. The molecule has 0 aromatic heterocycles. The molecule has 0 saturated heterocycles. The zero-order chi connectivity index (χ0) is 39.1. The Morgan fingerprint density at radius 3 is 1.77 bits per heavy atom. The van der Waals surface area contributed by atoms with Gasteiger partial charge in [-0.15, -0.1) is 0 Å². The second-order valence-corrected chi connectivity index (χ2v) is 19.2. The van der Waals surface area contributed by atoms with Gasteiger partial charge in [-0.2, -0.15) is 0 Å². The van der Waals surface area contributed by atoms with Crippen LogP contribution in [0.4, 0.5) is 0 Å². The Hall–Kier alpha value is -3.93. The second-order valence-electron chi connectivity index (χ2n) is 17.0. The topological polar surface area (TPSA) is 154 Å². The summed E-state index contributed by atoms with van der Waals surface area (Å²) in [6, 6.07) is 12.6. The molecule has 0 radical (unpaired) electrons. The van der Waals surface area contributed by atoms with Gasteiger partial charge in [0.1, 0.15) is 28.6 Å². The lowest BCUT2D eigenvalue weighted by molar-refractivity contribution is -0.163. The van der Waals surface area contributed by atoms with Crippen molar-refractivity contribution in [1.82, 2.24) is 10.6 Å². The molecule has 12 heteroatoms. The van der Waals surface area contributed by atoms with Crippen LogP contribution < -0.4 is 15.4 Å². The lowest BCUT2D eigenvalue weighted by atomic mass is 9.76. The van der Waals surface area contributed by atoms with E-state index in [2.05, 4.69) is 10.6 Å². The van der Waals surface area contributed by atoms with Gasteiger partial charge in [-0.3, -0.25) is 14.4 Å². The van der Waals surface area contributed by atoms with E-state index < -0.39 is 56.3 Å². The number of ether oxygens (including phenoxy) is 3. The minimum Gasteiger partial charge on any atom is -0.488 e. The van der Waals surface area contributed by atoms with E-state index in [0.29, 0.717) is 29.7 Å². The summed E-state index contributed by atoms with van der Waals surface area (Å²) in [5.41, 5.74) is -1.32. The van der Waals surface area contributed by atoms with Crippen LogP contribution in [0, 0.1) is 11.3 Å². The lowest BCUT2D eigenvalue weighted by Crippen LogP contribution is -2.51. The maximum absolute atomic E-state index is 14.4. The molecular formula is C40H58N2O9S. The van der Waals surface area contributed by atoms with Crippen LogP contribution in [-0.2, 0) is 45.9 Å². The molecule has 2 N–H and O–H groups in total. The second kappa shape index (κ2) is 16.8. The Kier molecular flexibility index (Phi) is 13.7. The molecule has 1 saturated carbocycles. The van der Waals surface area contributed by atoms with E-state index in [1.807, 2.05) is 45.0 Å². The van der Waals surface area contributed by atoms with Gasteiger partial charge in [0.15, 0.2) is 9.84 Å². The Labute approximate surface area is 309 Å². The van der Waals surface area contributed by atoms with E-state index in [9.17, 15) is 27.6 Å². The quantitative estimate of drug-likeness (QED) is 0.218. The fourth-order valence-electron chi connectivity index (χ4n) is 6.20. The standard InChI is InChI=1S/C40H58N2O9S/c1-37(2,3)49-31-19-15-27(16-20-31)23-32(35(45)51-39(7,8)9)42-36(46)40(21-11-12-22-40)24-30(34(44)50-38(4,5)6)25-41-33(43)29-17-13-28(14-18-29)26-52(10,47)48/h13-20,30,32H,11-12,21-26H2,1-10H3,(H,41,43)(H,42,46)/t30?,32-/m0/s1. The van der Waals surface area contributed by atoms with E-state index in [1.165, 1.54) is 12.1 Å². The van der Waals surface area contributed by atoms with Crippen molar-refractivity contribution in [3.63, 3.8) is 0 Å². The van der Waals surface area contributed by atoms with Crippen LogP contribution in [0.1, 0.15) is 116 Å². The van der Waals surface area contributed by atoms with Crippen molar-refractivity contribution in [1.29, 1.82) is 0 Å². The van der Waals surface area contributed by atoms with Crippen molar-refractivity contribution in [3.8, 4) is 5.75 Å². The zero-order valence-corrected chi connectivity index (χ0v) is 33.3. The van der Waals surface area contributed by atoms with Crippen LogP contribution >= 0.6 is 0 Å². The number of nitrogens with one attached hydrogen (secondary N) is 2. The number of sulfone groups is 1. The number of carbonyl (C=O) groups excluding carboxylic acids is 4. The van der Waals surface area contributed by atoms with E-state index >= 15 is 0 Å². The first-order chi connectivity index (χ1) is 23.8. The molecule has 52 heavy (non-hydrogen) atoms. The van der Waals surface area contributed by atoms with E-state index in [4.69, 9.17) is 14.2 Å². The number of amides is 2. The molecule has 1 fully saturated rings. The summed E-state index contributed by atoms with van der Waals surface area (Å²) in [6.45, 7) is 16.3. The van der Waals surface area contributed by atoms with Gasteiger partial charge in [0.2, 0.25) is 5.91 Å². The Bertz CT molecular complexity index is 1660. The summed E-state index contributed by atoms with van der Waals surface area (Å²) in [4.78, 5) is 54.7. The number of hydrogen-bond acceptors (Lipinski definition) is 9. The monoisotopic (exact) mass is 742 g/mol. The first-order valence-corrected chi connectivity index (χ1v) is 20.0. The maximum Gasteiger partial charge on any atom is 0.329 e. The Morgan fingerprint density at radius 1 is 0.750 bits per heavy atom. The number of carbonyl (C=O) groups is 4. The van der Waals surface area contributed by atoms with Crippen molar-refractivity contribution < 1.29 is 41.8 Å². The highest BCUT2D eigenvalue weighted by Crippen LogP contribution is 2.44. The molecular weight excluding hydrogens is 685 g/mol. The van der Waals surface area contributed by atoms with E-state index in [1.54, 1.807) is 53.7 Å². The van der Waals surface area contributed by atoms with Crippen LogP contribution in [0.25, 0.3) is 0 Å². The molecule has 1 aliphatic rings. The van der Waals surface area contributed by atoms with Crippen molar-refractivity contribution >= 4 is 33.6 Å². The lowest BCUT2D eigenvalue weighted by Gasteiger charge is -2.34. The summed E-state index contributed by atoms with van der Waals surface area (Å²) < 4.78 is 40.8. The molecule has 3 rings (SSSR count). The average molecular weight is 743 g/mol. The normalized spacial score (nSPS) is 16.0. The third-order valence-corrected chi connectivity index (χ3v) is 9.22. The van der Waals surface area contributed by atoms with Gasteiger partial charge in [0.05, 0.1) is 17.1 Å². The summed E-state index contributed by atoms with van der Waals surface area (Å²) in [5, 5.41) is 5.83. The first-order valence-electron chi connectivity index (χ1n) is 17.9. The third-order valence-electron chi connectivity index (χ3n) is 8.36. The number of esters is 2. The van der Waals surface area contributed by atoms with Gasteiger partial charge < -0.3 is 24.8 Å². The van der Waals surface area contributed by atoms with Crippen LogP contribution in [0.5, 0.6) is 5.75 Å². The highest BCUT2D eigenvalue weighted by Gasteiger charge is 2.46. The van der Waals surface area contributed by atoms with Gasteiger partial charge in [-0.05, 0) is 117 Å². The van der Waals surface area contributed by atoms with Crippen molar-refractivity contribution in [2.75, 3.05) is 12.8 Å². The molecule has 1 unspecified atom stereocenters. The predicted octanol–water partition coefficient (Wildman–Crippen LogP) is 6.12. The molecule has 2 atom stereocenters. The zero-order valence-electron chi connectivity index (χ0n) is 32.5. The Balaban J connectivity index is 1.85. The van der Waals surface area contributed by atoms with E-state index in [-0.39, 0.29) is 36.6 Å². The van der Waals surface area contributed by atoms with Crippen molar-refractivity contribution in [2.45, 2.75) is 129 Å². The number of hydrogen-bond donors (Lipinski definition) is 2. The molecule has 0 aliphatic heterocycles. The number of benzene rings is 2. The van der Waals surface area contributed by atoms with Crippen LogP contribution in [-0.4, -0.2) is 67.8 Å².